The summed E-state index contributed by atoms with van der Waals surface area (Å²) in [7, 11) is -6.85. The average molecular weight is 610 g/mol. The number of carbonyl (C=O) groups excluding carboxylic acids is 1. The van der Waals surface area contributed by atoms with Crippen molar-refractivity contribution >= 4 is 57.4 Å². The number of rotatable bonds is 6. The molecule has 0 aromatic carbocycles. The van der Waals surface area contributed by atoms with E-state index in [1.54, 1.807) is 6.92 Å². The molecule has 0 saturated heterocycles. The first-order valence-corrected chi connectivity index (χ1v) is 13.7. The molecule has 0 bridgehead atoms. The highest BCUT2D eigenvalue weighted by atomic mass is 79.9. The minimum atomic E-state index is -3.49. The van der Waals surface area contributed by atoms with E-state index >= 15 is 0 Å². The molecule has 32 heavy (non-hydrogen) atoms. The SMILES string of the molecule is CCS(=O)(=O)c1cc(Br)cnc1-c1ncn[nH]1.CCS(=O)(=O)c1cc(Br)cnc1C(N)=O. The highest BCUT2D eigenvalue weighted by Crippen LogP contribution is 2.26. The molecule has 0 fully saturated rings. The molecule has 0 radical (unpaired) electrons. The summed E-state index contributed by atoms with van der Waals surface area (Å²) in [5.74, 6) is -0.614. The number of aromatic nitrogens is 5. The summed E-state index contributed by atoms with van der Waals surface area (Å²) in [6.07, 6.45) is 4.16. The zero-order valence-corrected chi connectivity index (χ0v) is 21.6. The number of sulfone groups is 2. The van der Waals surface area contributed by atoms with E-state index in [4.69, 9.17) is 5.73 Å². The predicted octanol–water partition coefficient (Wildman–Crippen LogP) is 2.16. The molecular formula is C17H18Br2N6O5S2. The lowest BCUT2D eigenvalue weighted by Gasteiger charge is -2.06. The summed E-state index contributed by atoms with van der Waals surface area (Å²) in [6.45, 7) is 3.07. The van der Waals surface area contributed by atoms with Crippen molar-refractivity contribution in [2.75, 3.05) is 11.5 Å². The maximum Gasteiger partial charge on any atom is 0.268 e. The van der Waals surface area contributed by atoms with Crippen LogP contribution in [0.15, 0.2) is 49.6 Å². The smallest absolute Gasteiger partial charge is 0.268 e. The van der Waals surface area contributed by atoms with Gasteiger partial charge in [-0.05, 0) is 44.0 Å². The molecule has 1 amide bonds. The van der Waals surface area contributed by atoms with E-state index in [2.05, 4.69) is 57.0 Å². The molecule has 11 nitrogen and oxygen atoms in total. The lowest BCUT2D eigenvalue weighted by atomic mass is 10.3. The minimum Gasteiger partial charge on any atom is -0.364 e. The number of nitrogens with zero attached hydrogens (tertiary/aromatic N) is 4. The Hall–Kier alpha value is -2.23. The molecule has 3 N–H and O–H groups in total. The van der Waals surface area contributed by atoms with Gasteiger partial charge in [0.15, 0.2) is 25.5 Å². The lowest BCUT2D eigenvalue weighted by Crippen LogP contribution is -2.19. The van der Waals surface area contributed by atoms with Crippen LogP contribution in [0.2, 0.25) is 0 Å². The summed E-state index contributed by atoms with van der Waals surface area (Å²) in [5.41, 5.74) is 5.10. The lowest BCUT2D eigenvalue weighted by molar-refractivity contribution is 0.0992. The van der Waals surface area contributed by atoms with Gasteiger partial charge in [-0.25, -0.2) is 26.8 Å². The normalized spacial score (nSPS) is 11.5. The van der Waals surface area contributed by atoms with Crippen molar-refractivity contribution < 1.29 is 21.6 Å². The average Bonchev–Trinajstić information content (AvgIpc) is 3.28. The number of nitrogens with one attached hydrogen (secondary N) is 1. The molecule has 3 rings (SSSR count). The number of H-pyrrole nitrogens is 1. The summed E-state index contributed by atoms with van der Waals surface area (Å²) >= 11 is 6.30. The Balaban J connectivity index is 0.000000229. The van der Waals surface area contributed by atoms with Crippen molar-refractivity contribution in [2.45, 2.75) is 23.6 Å². The molecule has 15 heteroatoms. The van der Waals surface area contributed by atoms with Crippen molar-refractivity contribution in [3.63, 3.8) is 0 Å². The Labute approximate surface area is 201 Å². The largest absolute Gasteiger partial charge is 0.364 e. The van der Waals surface area contributed by atoms with Gasteiger partial charge in [0.25, 0.3) is 5.91 Å². The molecule has 3 aromatic heterocycles. The van der Waals surface area contributed by atoms with Crippen LogP contribution in [0.1, 0.15) is 24.3 Å². The fraction of sp³-hybridized carbons (Fsp3) is 0.235. The molecule has 172 valence electrons. The third-order valence-corrected chi connectivity index (χ3v) is 8.29. The number of nitrogens with two attached hydrogens (primary N) is 1. The van der Waals surface area contributed by atoms with E-state index in [9.17, 15) is 21.6 Å². The Kier molecular flexibility index (Phi) is 8.61. The quantitative estimate of drug-likeness (QED) is 0.423. The second-order valence-electron chi connectivity index (χ2n) is 6.01. The zero-order chi connectivity index (χ0) is 24.1. The minimum absolute atomic E-state index is 0.00622. The van der Waals surface area contributed by atoms with Crippen LogP contribution in [0.3, 0.4) is 0 Å². The highest BCUT2D eigenvalue weighted by Gasteiger charge is 2.22. The predicted molar refractivity (Wildman–Crippen MR) is 123 cm³/mol. The third-order valence-electron chi connectivity index (χ3n) is 3.94. The highest BCUT2D eigenvalue weighted by molar-refractivity contribution is 9.10. The molecule has 0 spiro atoms. The Morgan fingerprint density at radius 1 is 0.938 bits per heavy atom. The molecule has 0 saturated carbocycles. The second kappa shape index (κ2) is 10.6. The van der Waals surface area contributed by atoms with Crippen molar-refractivity contribution in [1.82, 2.24) is 25.1 Å². The van der Waals surface area contributed by atoms with Gasteiger partial charge in [0.05, 0.1) is 21.3 Å². The van der Waals surface area contributed by atoms with Crippen LogP contribution < -0.4 is 5.73 Å². The molecule has 0 aliphatic rings. The monoisotopic (exact) mass is 608 g/mol. The van der Waals surface area contributed by atoms with Crippen LogP contribution in [0.5, 0.6) is 0 Å². The van der Waals surface area contributed by atoms with Crippen LogP contribution in [0, 0.1) is 0 Å². The topological polar surface area (TPSA) is 179 Å². The van der Waals surface area contributed by atoms with Gasteiger partial charge < -0.3 is 5.73 Å². The number of amides is 1. The Morgan fingerprint density at radius 3 is 1.97 bits per heavy atom. The van der Waals surface area contributed by atoms with Crippen LogP contribution >= 0.6 is 31.9 Å². The number of halogens is 2. The molecule has 3 heterocycles. The summed E-state index contributed by atoms with van der Waals surface area (Å²) in [4.78, 5) is 22.7. The van der Waals surface area contributed by atoms with Gasteiger partial charge in [0.2, 0.25) is 0 Å². The van der Waals surface area contributed by atoms with Crippen molar-refractivity contribution in [3.05, 3.63) is 45.5 Å². The first-order valence-electron chi connectivity index (χ1n) is 8.85. The van der Waals surface area contributed by atoms with Gasteiger partial charge in [0.1, 0.15) is 17.7 Å². The zero-order valence-electron chi connectivity index (χ0n) is 16.8. The second-order valence-corrected chi connectivity index (χ2v) is 12.3. The van der Waals surface area contributed by atoms with E-state index in [0.717, 1.165) is 0 Å². The Morgan fingerprint density at radius 2 is 1.47 bits per heavy atom. The molecule has 3 aromatic rings. The summed E-state index contributed by atoms with van der Waals surface area (Å²) in [6, 6.07) is 2.84. The maximum absolute atomic E-state index is 11.9. The van der Waals surface area contributed by atoms with Gasteiger partial charge in [-0.3, -0.25) is 14.9 Å². The van der Waals surface area contributed by atoms with Gasteiger partial charge in [-0.15, -0.1) is 0 Å². The van der Waals surface area contributed by atoms with Gasteiger partial charge in [-0.2, -0.15) is 5.10 Å². The van der Waals surface area contributed by atoms with Crippen LogP contribution in [0.25, 0.3) is 11.5 Å². The Bertz CT molecular complexity index is 1330. The molecule has 0 aliphatic carbocycles. The van der Waals surface area contributed by atoms with Gasteiger partial charge >= 0.3 is 0 Å². The van der Waals surface area contributed by atoms with Crippen molar-refractivity contribution in [2.24, 2.45) is 5.73 Å². The van der Waals surface area contributed by atoms with E-state index in [0.29, 0.717) is 14.8 Å². The van der Waals surface area contributed by atoms with Gasteiger partial charge in [0, 0.05) is 21.3 Å². The number of hydrogen-bond donors (Lipinski definition) is 2. The maximum atomic E-state index is 11.9. The van der Waals surface area contributed by atoms with Crippen molar-refractivity contribution in [3.8, 4) is 11.5 Å². The van der Waals surface area contributed by atoms with E-state index in [-0.39, 0.29) is 32.7 Å². The van der Waals surface area contributed by atoms with E-state index < -0.39 is 25.6 Å². The third kappa shape index (κ3) is 6.17. The van der Waals surface area contributed by atoms with E-state index in [1.807, 2.05) is 0 Å². The fourth-order valence-corrected chi connectivity index (χ4v) is 5.40. The summed E-state index contributed by atoms with van der Waals surface area (Å²) in [5, 5.41) is 6.29. The van der Waals surface area contributed by atoms with Crippen LogP contribution in [0.4, 0.5) is 0 Å². The number of primary amides is 1. The molecule has 0 unspecified atom stereocenters. The first-order chi connectivity index (χ1) is 14.9. The number of pyridine rings is 2. The van der Waals surface area contributed by atoms with Gasteiger partial charge in [-0.1, -0.05) is 13.8 Å². The molecular weight excluding hydrogens is 592 g/mol. The van der Waals surface area contributed by atoms with Crippen molar-refractivity contribution in [1.29, 1.82) is 0 Å². The van der Waals surface area contributed by atoms with Crippen LogP contribution in [-0.2, 0) is 19.7 Å². The standard InChI is InChI=1S/C9H9BrN4O2S.C8H9BrN2O3S/c1-2-17(15,16)7-3-6(10)4-11-8(7)9-12-5-13-14-9;1-2-15(13,14)6-3-5(9)4-11-7(6)8(10)12/h3-5H,2H2,1H3,(H,12,13,14);3-4H,2H2,1H3,(H2,10,12). The van der Waals surface area contributed by atoms with Crippen LogP contribution in [-0.4, -0.2) is 59.4 Å². The first kappa shape index (κ1) is 26.0. The number of aromatic amines is 1. The number of carbonyl (C=O) groups is 1. The fourth-order valence-electron chi connectivity index (χ4n) is 2.31. The number of hydrogen-bond acceptors (Lipinski definition) is 9. The summed E-state index contributed by atoms with van der Waals surface area (Å²) < 4.78 is 48.2. The molecule has 0 aliphatic heterocycles. The molecule has 0 atom stereocenters. The van der Waals surface area contributed by atoms with E-state index in [1.165, 1.54) is 37.8 Å².